The Morgan fingerprint density at radius 2 is 1.71 bits per heavy atom. The van der Waals surface area contributed by atoms with Gasteiger partial charge in [0.15, 0.2) is 0 Å². The quantitative estimate of drug-likeness (QED) is 0.455. The Labute approximate surface area is 192 Å². The highest BCUT2D eigenvalue weighted by Crippen LogP contribution is 2.39. The van der Waals surface area contributed by atoms with Gasteiger partial charge in [-0.1, -0.05) is 12.1 Å². The molecule has 34 heavy (non-hydrogen) atoms. The molecule has 0 bridgehead atoms. The van der Waals surface area contributed by atoms with Crippen LogP contribution in [-0.2, 0) is 11.3 Å². The van der Waals surface area contributed by atoms with E-state index < -0.39 is 17.5 Å². The molecule has 1 saturated heterocycles. The van der Waals surface area contributed by atoms with Crippen LogP contribution in [0, 0.1) is 17.5 Å². The number of rotatable bonds is 5. The Hall–Kier alpha value is -4.14. The summed E-state index contributed by atoms with van der Waals surface area (Å²) in [6.07, 6.45) is 3.52. The van der Waals surface area contributed by atoms with Crippen molar-refractivity contribution in [2.24, 2.45) is 0 Å². The van der Waals surface area contributed by atoms with Gasteiger partial charge in [0.05, 0.1) is 23.6 Å². The van der Waals surface area contributed by atoms with Crippen molar-refractivity contribution in [3.63, 3.8) is 0 Å². The summed E-state index contributed by atoms with van der Waals surface area (Å²) in [7, 11) is 0. The highest BCUT2D eigenvalue weighted by atomic mass is 19.1. The zero-order valence-electron chi connectivity index (χ0n) is 17.8. The Morgan fingerprint density at radius 1 is 0.971 bits per heavy atom. The van der Waals surface area contributed by atoms with E-state index in [0.717, 1.165) is 30.0 Å². The van der Waals surface area contributed by atoms with Crippen LogP contribution in [0.2, 0.25) is 0 Å². The summed E-state index contributed by atoms with van der Waals surface area (Å²) >= 11 is 0. The summed E-state index contributed by atoms with van der Waals surface area (Å²) in [5.41, 5.74) is 2.39. The van der Waals surface area contributed by atoms with Gasteiger partial charge in [-0.05, 0) is 48.4 Å². The van der Waals surface area contributed by atoms with Crippen LogP contribution in [0.5, 0.6) is 5.75 Å². The van der Waals surface area contributed by atoms with Crippen molar-refractivity contribution in [2.45, 2.75) is 25.4 Å². The smallest absolute Gasteiger partial charge is 0.223 e. The Balaban J connectivity index is 1.59. The Morgan fingerprint density at radius 3 is 2.38 bits per heavy atom. The zero-order chi connectivity index (χ0) is 23.8. The second kappa shape index (κ2) is 8.66. The number of aromatic nitrogens is 3. The first kappa shape index (κ1) is 21.7. The van der Waals surface area contributed by atoms with Crippen LogP contribution in [0.1, 0.15) is 30.0 Å². The van der Waals surface area contributed by atoms with Gasteiger partial charge >= 0.3 is 0 Å². The van der Waals surface area contributed by atoms with Gasteiger partial charge < -0.3 is 10.0 Å². The SMILES string of the molecule is O=C1CC[C@H](c2cn(-c3cc(F)cc(F)c3)nc2-c2ccc(F)cn2)N1Cc1ccc(O)cc1. The minimum absolute atomic E-state index is 0.0550. The molecule has 1 aliphatic rings. The molecule has 2 aromatic carbocycles. The van der Waals surface area contributed by atoms with Gasteiger partial charge in [-0.3, -0.25) is 9.78 Å². The summed E-state index contributed by atoms with van der Waals surface area (Å²) in [4.78, 5) is 18.6. The fraction of sp³-hybridized carbons (Fsp3) is 0.160. The van der Waals surface area contributed by atoms with Crippen molar-refractivity contribution in [1.29, 1.82) is 0 Å². The summed E-state index contributed by atoms with van der Waals surface area (Å²) in [6, 6.07) is 12.0. The average Bonchev–Trinajstić information content (AvgIpc) is 3.39. The van der Waals surface area contributed by atoms with E-state index in [9.17, 15) is 23.1 Å². The van der Waals surface area contributed by atoms with Crippen LogP contribution in [-0.4, -0.2) is 30.7 Å². The molecule has 1 N–H and O–H groups in total. The number of nitrogens with zero attached hydrogens (tertiary/aromatic N) is 4. The van der Waals surface area contributed by atoms with E-state index in [1.54, 1.807) is 35.4 Å². The maximum atomic E-state index is 13.9. The molecule has 6 nitrogen and oxygen atoms in total. The lowest BCUT2D eigenvalue weighted by Gasteiger charge is -2.25. The van der Waals surface area contributed by atoms with Crippen molar-refractivity contribution >= 4 is 5.91 Å². The molecule has 4 aromatic rings. The van der Waals surface area contributed by atoms with Crippen LogP contribution in [0.15, 0.2) is 67.0 Å². The van der Waals surface area contributed by atoms with Crippen molar-refractivity contribution in [3.05, 3.63) is 95.6 Å². The minimum Gasteiger partial charge on any atom is -0.508 e. The van der Waals surface area contributed by atoms with E-state index in [1.807, 2.05) is 0 Å². The topological polar surface area (TPSA) is 71.2 Å². The summed E-state index contributed by atoms with van der Waals surface area (Å²) in [6.45, 7) is 0.305. The fourth-order valence-corrected chi connectivity index (χ4v) is 4.20. The highest BCUT2D eigenvalue weighted by Gasteiger charge is 2.35. The monoisotopic (exact) mass is 464 g/mol. The molecule has 1 fully saturated rings. The maximum absolute atomic E-state index is 13.9. The summed E-state index contributed by atoms with van der Waals surface area (Å²) < 4.78 is 42.6. The van der Waals surface area contributed by atoms with Gasteiger partial charge in [0.1, 0.15) is 28.9 Å². The van der Waals surface area contributed by atoms with Crippen LogP contribution in [0.4, 0.5) is 13.2 Å². The van der Waals surface area contributed by atoms with Gasteiger partial charge in [0, 0.05) is 30.8 Å². The van der Waals surface area contributed by atoms with Crippen LogP contribution in [0.25, 0.3) is 17.1 Å². The zero-order valence-corrected chi connectivity index (χ0v) is 17.8. The lowest BCUT2D eigenvalue weighted by atomic mass is 10.0. The third kappa shape index (κ3) is 4.24. The number of phenolic OH excluding ortho intramolecular Hbond substituents is 1. The van der Waals surface area contributed by atoms with Gasteiger partial charge in [0.2, 0.25) is 5.91 Å². The third-order valence-electron chi connectivity index (χ3n) is 5.80. The molecule has 0 saturated carbocycles. The number of carbonyl (C=O) groups is 1. The number of amides is 1. The number of hydrogen-bond acceptors (Lipinski definition) is 4. The standard InChI is InChI=1S/C25H19F3N4O2/c26-16-3-6-22(29-12-16)25-21(14-32(30-25)19-10-17(27)9-18(28)11-19)23-7-8-24(34)31(23)13-15-1-4-20(33)5-2-15/h1-6,9-12,14,23,33H,7-8,13H2/t23-/m1/s1. The number of carbonyl (C=O) groups excluding carboxylic acids is 1. The molecule has 2 aromatic heterocycles. The first-order chi connectivity index (χ1) is 16.4. The van der Waals surface area contributed by atoms with Gasteiger partial charge in [0.25, 0.3) is 0 Å². The molecule has 9 heteroatoms. The number of aromatic hydroxyl groups is 1. The number of benzene rings is 2. The van der Waals surface area contributed by atoms with Crippen molar-refractivity contribution < 1.29 is 23.1 Å². The van der Waals surface area contributed by atoms with Crippen LogP contribution >= 0.6 is 0 Å². The summed E-state index contributed by atoms with van der Waals surface area (Å²) in [5, 5.41) is 14.1. The molecule has 1 aliphatic heterocycles. The molecule has 5 rings (SSSR count). The molecule has 0 aliphatic carbocycles. The van der Waals surface area contributed by atoms with Crippen molar-refractivity contribution in [2.75, 3.05) is 0 Å². The van der Waals surface area contributed by atoms with Crippen molar-refractivity contribution in [1.82, 2.24) is 19.7 Å². The second-order valence-electron chi connectivity index (χ2n) is 8.11. The predicted octanol–water partition coefficient (Wildman–Crippen LogP) is 4.92. The first-order valence-electron chi connectivity index (χ1n) is 10.6. The largest absolute Gasteiger partial charge is 0.508 e. The maximum Gasteiger partial charge on any atom is 0.223 e. The van der Waals surface area contributed by atoms with Gasteiger partial charge in [-0.15, -0.1) is 0 Å². The van der Waals surface area contributed by atoms with E-state index in [2.05, 4.69) is 10.1 Å². The van der Waals surface area contributed by atoms with E-state index in [1.165, 1.54) is 16.8 Å². The number of pyridine rings is 1. The van der Waals surface area contributed by atoms with E-state index in [4.69, 9.17) is 0 Å². The van der Waals surface area contributed by atoms with Gasteiger partial charge in [-0.2, -0.15) is 5.10 Å². The summed E-state index contributed by atoms with van der Waals surface area (Å²) in [5.74, 6) is -1.94. The molecule has 0 spiro atoms. The highest BCUT2D eigenvalue weighted by molar-refractivity contribution is 5.79. The molecular weight excluding hydrogens is 445 g/mol. The molecule has 1 amide bonds. The molecule has 0 unspecified atom stereocenters. The van der Waals surface area contributed by atoms with Crippen LogP contribution in [0.3, 0.4) is 0 Å². The molecule has 1 atom stereocenters. The Kier molecular flexibility index (Phi) is 5.53. The minimum atomic E-state index is -0.751. The first-order valence-corrected chi connectivity index (χ1v) is 10.6. The number of phenols is 1. The van der Waals surface area contributed by atoms with Gasteiger partial charge in [-0.25, -0.2) is 17.9 Å². The molecule has 172 valence electrons. The number of hydrogen-bond donors (Lipinski definition) is 1. The fourth-order valence-electron chi connectivity index (χ4n) is 4.20. The predicted molar refractivity (Wildman–Crippen MR) is 117 cm³/mol. The lowest BCUT2D eigenvalue weighted by molar-refractivity contribution is -0.129. The normalized spacial score (nSPS) is 15.8. The second-order valence-corrected chi connectivity index (χ2v) is 8.11. The number of halogens is 3. The van der Waals surface area contributed by atoms with E-state index in [-0.39, 0.29) is 23.4 Å². The number of likely N-dealkylation sites (tertiary alicyclic amines) is 1. The van der Waals surface area contributed by atoms with Crippen LogP contribution < -0.4 is 0 Å². The third-order valence-corrected chi connectivity index (χ3v) is 5.80. The molecule has 0 radical (unpaired) electrons. The Bertz CT molecular complexity index is 1330. The average molecular weight is 464 g/mol. The van der Waals surface area contributed by atoms with E-state index in [0.29, 0.717) is 36.3 Å². The molecular formula is C25H19F3N4O2. The van der Waals surface area contributed by atoms with Crippen molar-refractivity contribution in [3.8, 4) is 22.8 Å². The molecule has 3 heterocycles. The lowest BCUT2D eigenvalue weighted by Crippen LogP contribution is -2.27. The van der Waals surface area contributed by atoms with E-state index >= 15 is 0 Å².